The fourth-order valence-electron chi connectivity index (χ4n) is 1.60. The monoisotopic (exact) mass is 287 g/mol. The zero-order valence-corrected chi connectivity index (χ0v) is 11.3. The third-order valence-corrected chi connectivity index (χ3v) is 2.54. The number of benzene rings is 1. The second kappa shape index (κ2) is 6.47. The molecule has 0 spiro atoms. The lowest BCUT2D eigenvalue weighted by Crippen LogP contribution is -2.17. The Morgan fingerprint density at radius 2 is 2.10 bits per heavy atom. The van der Waals surface area contributed by atoms with Gasteiger partial charge in [-0.05, 0) is 31.2 Å². The summed E-state index contributed by atoms with van der Waals surface area (Å²) in [4.78, 5) is 34.4. The Balaban J connectivity index is 2.14. The predicted molar refractivity (Wildman–Crippen MR) is 75.2 cm³/mol. The molecule has 0 unspecified atom stereocenters. The highest BCUT2D eigenvalue weighted by molar-refractivity contribution is 6.03. The molecule has 0 bridgehead atoms. The number of aromatic amines is 1. The van der Waals surface area contributed by atoms with E-state index < -0.39 is 17.4 Å². The Hall–Kier alpha value is -2.96. The standard InChI is InChI=1S/C14H13N3O4/c1-2-21-14(20)9-4-3-5-10(8-9)15-13(19)11-6-7-12(18)17-16-11/h3-8H,2H2,1H3,(H,15,19)(H,17,18). The summed E-state index contributed by atoms with van der Waals surface area (Å²) >= 11 is 0. The smallest absolute Gasteiger partial charge is 0.338 e. The van der Waals surface area contributed by atoms with Crippen LogP contribution in [0.15, 0.2) is 41.2 Å². The van der Waals surface area contributed by atoms with Crippen LogP contribution < -0.4 is 10.9 Å². The number of nitrogens with one attached hydrogen (secondary N) is 2. The largest absolute Gasteiger partial charge is 0.462 e. The van der Waals surface area contributed by atoms with Gasteiger partial charge >= 0.3 is 5.97 Å². The number of amides is 1. The van der Waals surface area contributed by atoms with Crippen LogP contribution >= 0.6 is 0 Å². The third kappa shape index (κ3) is 3.75. The normalized spacial score (nSPS) is 9.95. The predicted octanol–water partition coefficient (Wildman–Crippen LogP) is 1.20. The highest BCUT2D eigenvalue weighted by atomic mass is 16.5. The molecule has 0 aliphatic heterocycles. The van der Waals surface area contributed by atoms with E-state index in [0.29, 0.717) is 11.3 Å². The Labute approximate surface area is 120 Å². The summed E-state index contributed by atoms with van der Waals surface area (Å²) in [6, 6.07) is 8.86. The summed E-state index contributed by atoms with van der Waals surface area (Å²) in [6.45, 7) is 1.99. The van der Waals surface area contributed by atoms with Crippen LogP contribution in [0, 0.1) is 0 Å². The maximum Gasteiger partial charge on any atom is 0.338 e. The van der Waals surface area contributed by atoms with Gasteiger partial charge in [0, 0.05) is 11.8 Å². The second-order valence-electron chi connectivity index (χ2n) is 4.06. The van der Waals surface area contributed by atoms with Crippen molar-refractivity contribution in [2.45, 2.75) is 6.92 Å². The van der Waals surface area contributed by atoms with E-state index in [-0.39, 0.29) is 12.3 Å². The summed E-state index contributed by atoms with van der Waals surface area (Å²) in [5, 5.41) is 8.38. The first-order valence-electron chi connectivity index (χ1n) is 6.24. The van der Waals surface area contributed by atoms with Crippen LogP contribution in [0.1, 0.15) is 27.8 Å². The molecule has 2 aromatic rings. The van der Waals surface area contributed by atoms with Crippen molar-refractivity contribution in [2.24, 2.45) is 0 Å². The molecule has 108 valence electrons. The number of carbonyl (C=O) groups is 2. The zero-order valence-electron chi connectivity index (χ0n) is 11.3. The van der Waals surface area contributed by atoms with Crippen molar-refractivity contribution < 1.29 is 14.3 Å². The molecule has 7 nitrogen and oxygen atoms in total. The Morgan fingerprint density at radius 1 is 1.29 bits per heavy atom. The maximum atomic E-state index is 11.9. The molecule has 0 saturated carbocycles. The van der Waals surface area contributed by atoms with Gasteiger partial charge in [-0.15, -0.1) is 0 Å². The van der Waals surface area contributed by atoms with Crippen molar-refractivity contribution >= 4 is 17.6 Å². The molecule has 0 radical (unpaired) electrons. The molecule has 0 atom stereocenters. The number of ether oxygens (including phenoxy) is 1. The molecule has 0 saturated heterocycles. The maximum absolute atomic E-state index is 11.9. The van der Waals surface area contributed by atoms with Crippen LogP contribution in [0.2, 0.25) is 0 Å². The van der Waals surface area contributed by atoms with Crippen LogP contribution in [0.25, 0.3) is 0 Å². The second-order valence-corrected chi connectivity index (χ2v) is 4.06. The Morgan fingerprint density at radius 3 is 2.76 bits per heavy atom. The molecule has 1 amide bonds. The number of rotatable bonds is 4. The van der Waals surface area contributed by atoms with Crippen LogP contribution in [-0.2, 0) is 4.74 Å². The van der Waals surface area contributed by atoms with Crippen molar-refractivity contribution in [3.8, 4) is 0 Å². The van der Waals surface area contributed by atoms with Gasteiger partial charge in [-0.25, -0.2) is 9.89 Å². The lowest BCUT2D eigenvalue weighted by Gasteiger charge is -2.06. The molecule has 21 heavy (non-hydrogen) atoms. The highest BCUT2D eigenvalue weighted by Gasteiger charge is 2.10. The first-order chi connectivity index (χ1) is 10.1. The number of aromatic nitrogens is 2. The van der Waals surface area contributed by atoms with Gasteiger partial charge in [-0.1, -0.05) is 6.07 Å². The van der Waals surface area contributed by atoms with Gasteiger partial charge in [0.1, 0.15) is 5.69 Å². The SMILES string of the molecule is CCOC(=O)c1cccc(NC(=O)c2ccc(=O)[nH]n2)c1. The van der Waals surface area contributed by atoms with Gasteiger partial charge in [0.15, 0.2) is 0 Å². The average Bonchev–Trinajstić information content (AvgIpc) is 2.48. The van der Waals surface area contributed by atoms with E-state index in [1.165, 1.54) is 18.2 Å². The van der Waals surface area contributed by atoms with Crippen molar-refractivity contribution in [1.82, 2.24) is 10.2 Å². The molecule has 7 heteroatoms. The number of hydrogen-bond acceptors (Lipinski definition) is 5. The third-order valence-electron chi connectivity index (χ3n) is 2.54. The summed E-state index contributed by atoms with van der Waals surface area (Å²) in [5.41, 5.74) is 0.439. The van der Waals surface area contributed by atoms with Gasteiger partial charge < -0.3 is 10.1 Å². The molecule has 2 rings (SSSR count). The number of hydrogen-bond donors (Lipinski definition) is 2. The topological polar surface area (TPSA) is 101 Å². The van der Waals surface area contributed by atoms with Crippen molar-refractivity contribution in [2.75, 3.05) is 11.9 Å². The number of H-pyrrole nitrogens is 1. The minimum Gasteiger partial charge on any atom is -0.462 e. The molecule has 2 N–H and O–H groups in total. The van der Waals surface area contributed by atoms with E-state index in [9.17, 15) is 14.4 Å². The Bertz CT molecular complexity index is 704. The van der Waals surface area contributed by atoms with Gasteiger partial charge in [0.25, 0.3) is 11.5 Å². The van der Waals surface area contributed by atoms with Crippen LogP contribution in [0.5, 0.6) is 0 Å². The quantitative estimate of drug-likeness (QED) is 0.823. The number of carbonyl (C=O) groups excluding carboxylic acids is 2. The lowest BCUT2D eigenvalue weighted by molar-refractivity contribution is 0.0526. The highest BCUT2D eigenvalue weighted by Crippen LogP contribution is 2.12. The summed E-state index contributed by atoms with van der Waals surface area (Å²) in [5.74, 6) is -0.956. The number of nitrogens with zero attached hydrogens (tertiary/aromatic N) is 1. The molecule has 0 aliphatic carbocycles. The summed E-state index contributed by atoms with van der Waals surface area (Å²) in [7, 11) is 0. The lowest BCUT2D eigenvalue weighted by atomic mass is 10.2. The van der Waals surface area contributed by atoms with Gasteiger partial charge in [0.2, 0.25) is 0 Å². The first kappa shape index (κ1) is 14.4. The molecule has 1 aromatic heterocycles. The van der Waals surface area contributed by atoms with Crippen molar-refractivity contribution in [1.29, 1.82) is 0 Å². The van der Waals surface area contributed by atoms with Crippen molar-refractivity contribution in [3.05, 3.63) is 58.0 Å². The van der Waals surface area contributed by atoms with E-state index in [2.05, 4.69) is 15.5 Å². The first-order valence-corrected chi connectivity index (χ1v) is 6.24. The van der Waals surface area contributed by atoms with Gasteiger partial charge in [-0.2, -0.15) is 5.10 Å². The summed E-state index contributed by atoms with van der Waals surface area (Å²) in [6.07, 6.45) is 0. The average molecular weight is 287 g/mol. The van der Waals surface area contributed by atoms with Crippen molar-refractivity contribution in [3.63, 3.8) is 0 Å². The van der Waals surface area contributed by atoms with Gasteiger partial charge in [0.05, 0.1) is 12.2 Å². The fourth-order valence-corrected chi connectivity index (χ4v) is 1.60. The molecule has 1 aromatic carbocycles. The number of anilines is 1. The summed E-state index contributed by atoms with van der Waals surface area (Å²) < 4.78 is 4.88. The van der Waals surface area contributed by atoms with E-state index in [1.807, 2.05) is 0 Å². The van der Waals surface area contributed by atoms with E-state index in [4.69, 9.17) is 4.74 Å². The molecule has 0 fully saturated rings. The molecule has 1 heterocycles. The van der Waals surface area contributed by atoms with Crippen LogP contribution in [0.3, 0.4) is 0 Å². The van der Waals surface area contributed by atoms with E-state index in [1.54, 1.807) is 25.1 Å². The molecule has 0 aliphatic rings. The molecular weight excluding hydrogens is 274 g/mol. The Kier molecular flexibility index (Phi) is 4.45. The minimum atomic E-state index is -0.493. The van der Waals surface area contributed by atoms with E-state index >= 15 is 0 Å². The minimum absolute atomic E-state index is 0.0659. The van der Waals surface area contributed by atoms with Crippen LogP contribution in [0.4, 0.5) is 5.69 Å². The molecular formula is C14H13N3O4. The number of esters is 1. The van der Waals surface area contributed by atoms with Crippen LogP contribution in [-0.4, -0.2) is 28.7 Å². The zero-order chi connectivity index (χ0) is 15.2. The fraction of sp³-hybridized carbons (Fsp3) is 0.143. The van der Waals surface area contributed by atoms with E-state index in [0.717, 1.165) is 0 Å². The van der Waals surface area contributed by atoms with Gasteiger partial charge in [-0.3, -0.25) is 9.59 Å².